The van der Waals surface area contributed by atoms with Gasteiger partial charge in [-0.25, -0.2) is 4.79 Å². The van der Waals surface area contributed by atoms with Crippen LogP contribution in [0.25, 0.3) is 10.6 Å². The zero-order valence-corrected chi connectivity index (χ0v) is 19.5. The molecule has 2 heterocycles. The van der Waals surface area contributed by atoms with Gasteiger partial charge in [0.1, 0.15) is 0 Å². The summed E-state index contributed by atoms with van der Waals surface area (Å²) in [6.07, 6.45) is 10.7. The SMILES string of the molecule is CC=c1c(=C(C)Br)c(NC(=O)C2(C3CCCCCC3)COC2)cn1C(=O)N(C)C. The van der Waals surface area contributed by atoms with Crippen molar-refractivity contribution < 1.29 is 14.3 Å². The van der Waals surface area contributed by atoms with E-state index in [-0.39, 0.29) is 11.9 Å². The summed E-state index contributed by atoms with van der Waals surface area (Å²) in [5.41, 5.74) is 0.207. The number of carbonyl (C=O) groups is 2. The zero-order chi connectivity index (χ0) is 21.2. The predicted octanol–water partition coefficient (Wildman–Crippen LogP) is 3.27. The van der Waals surface area contributed by atoms with Crippen LogP contribution >= 0.6 is 15.9 Å². The molecule has 3 rings (SSSR count). The lowest BCUT2D eigenvalue weighted by atomic mass is 9.69. The smallest absolute Gasteiger partial charge is 0.328 e. The molecule has 0 bridgehead atoms. The minimum absolute atomic E-state index is 0.0164. The zero-order valence-electron chi connectivity index (χ0n) is 17.9. The van der Waals surface area contributed by atoms with Crippen molar-refractivity contribution in [3.63, 3.8) is 0 Å². The van der Waals surface area contributed by atoms with Crippen LogP contribution in [0.4, 0.5) is 10.5 Å². The lowest BCUT2D eigenvalue weighted by molar-refractivity contribution is -0.170. The maximum atomic E-state index is 13.5. The summed E-state index contributed by atoms with van der Waals surface area (Å²) in [7, 11) is 3.44. The van der Waals surface area contributed by atoms with Gasteiger partial charge in [0.05, 0.1) is 29.7 Å². The molecule has 0 spiro atoms. The van der Waals surface area contributed by atoms with Crippen LogP contribution in [0.5, 0.6) is 0 Å². The first-order chi connectivity index (χ1) is 13.8. The number of hydrogen-bond donors (Lipinski definition) is 1. The molecule has 1 aromatic heterocycles. The van der Waals surface area contributed by atoms with E-state index in [1.165, 1.54) is 30.6 Å². The molecule has 1 N–H and O–H groups in total. The highest BCUT2D eigenvalue weighted by molar-refractivity contribution is 9.14. The Morgan fingerprint density at radius 2 is 1.86 bits per heavy atom. The van der Waals surface area contributed by atoms with Crippen molar-refractivity contribution >= 4 is 44.1 Å². The van der Waals surface area contributed by atoms with Gasteiger partial charge in [0.2, 0.25) is 5.91 Å². The van der Waals surface area contributed by atoms with Crippen molar-refractivity contribution in [3.05, 3.63) is 16.8 Å². The number of aromatic nitrogens is 1. The van der Waals surface area contributed by atoms with E-state index in [2.05, 4.69) is 21.2 Å². The number of ether oxygens (including phenoxy) is 1. The molecule has 0 atom stereocenters. The van der Waals surface area contributed by atoms with Crippen molar-refractivity contribution in [3.8, 4) is 0 Å². The highest BCUT2D eigenvalue weighted by Crippen LogP contribution is 2.43. The number of anilines is 1. The number of hydrogen-bond acceptors (Lipinski definition) is 3. The monoisotopic (exact) mass is 465 g/mol. The normalized spacial score (nSPS) is 21.2. The van der Waals surface area contributed by atoms with E-state index in [4.69, 9.17) is 4.74 Å². The molecule has 0 aromatic carbocycles. The molecule has 1 aliphatic carbocycles. The van der Waals surface area contributed by atoms with E-state index >= 15 is 0 Å². The minimum Gasteiger partial charge on any atom is -0.379 e. The molecule has 29 heavy (non-hydrogen) atoms. The van der Waals surface area contributed by atoms with E-state index in [0.29, 0.717) is 24.8 Å². The molecule has 160 valence electrons. The molecule has 1 saturated heterocycles. The van der Waals surface area contributed by atoms with Gasteiger partial charge in [0.25, 0.3) is 0 Å². The third-order valence-corrected chi connectivity index (χ3v) is 6.70. The molecular weight excluding hydrogens is 434 g/mol. The molecule has 1 aliphatic heterocycles. The second-order valence-corrected chi connectivity index (χ2v) is 9.65. The van der Waals surface area contributed by atoms with Gasteiger partial charge in [0.15, 0.2) is 0 Å². The number of amides is 2. The Morgan fingerprint density at radius 3 is 2.31 bits per heavy atom. The van der Waals surface area contributed by atoms with Gasteiger partial charge >= 0.3 is 6.03 Å². The molecule has 2 fully saturated rings. The largest absolute Gasteiger partial charge is 0.379 e. The van der Waals surface area contributed by atoms with Gasteiger partial charge in [-0.3, -0.25) is 9.36 Å². The second-order valence-electron chi connectivity index (χ2n) is 8.46. The Morgan fingerprint density at radius 1 is 1.24 bits per heavy atom. The van der Waals surface area contributed by atoms with Crippen LogP contribution in [0.3, 0.4) is 0 Å². The first kappa shape index (κ1) is 22.1. The lowest BCUT2D eigenvalue weighted by Crippen LogP contribution is -2.56. The Labute approximate surface area is 181 Å². The maximum absolute atomic E-state index is 13.5. The van der Waals surface area contributed by atoms with E-state index in [1.807, 2.05) is 19.9 Å². The third kappa shape index (κ3) is 4.17. The van der Waals surface area contributed by atoms with Gasteiger partial charge < -0.3 is 15.0 Å². The summed E-state index contributed by atoms with van der Waals surface area (Å²) < 4.78 is 8.00. The average Bonchev–Trinajstić information content (AvgIpc) is 2.79. The van der Waals surface area contributed by atoms with Crippen molar-refractivity contribution in [1.29, 1.82) is 0 Å². The first-order valence-corrected chi connectivity index (χ1v) is 11.3. The molecule has 0 unspecified atom stereocenters. The van der Waals surface area contributed by atoms with E-state index in [1.54, 1.807) is 24.9 Å². The Bertz CT molecular complexity index is 887. The topological polar surface area (TPSA) is 63.6 Å². The van der Waals surface area contributed by atoms with E-state index in [0.717, 1.165) is 27.9 Å². The van der Waals surface area contributed by atoms with Gasteiger partial charge in [-0.15, -0.1) is 0 Å². The van der Waals surface area contributed by atoms with Crippen LogP contribution < -0.4 is 15.9 Å². The van der Waals surface area contributed by atoms with Crippen LogP contribution in [0.15, 0.2) is 6.20 Å². The molecular formula is C22H32BrN3O3. The Hall–Kier alpha value is -1.60. The molecule has 1 saturated carbocycles. The van der Waals surface area contributed by atoms with Crippen LogP contribution in [0.1, 0.15) is 52.4 Å². The van der Waals surface area contributed by atoms with Crippen LogP contribution in [0.2, 0.25) is 0 Å². The minimum atomic E-state index is -0.453. The highest BCUT2D eigenvalue weighted by Gasteiger charge is 2.51. The van der Waals surface area contributed by atoms with Gasteiger partial charge in [-0.2, -0.15) is 0 Å². The first-order valence-electron chi connectivity index (χ1n) is 10.5. The summed E-state index contributed by atoms with van der Waals surface area (Å²) in [4.78, 5) is 27.7. The molecule has 2 amide bonds. The molecule has 1 aromatic rings. The molecule has 0 radical (unpaired) electrons. The number of carbonyl (C=O) groups excluding carboxylic acids is 2. The van der Waals surface area contributed by atoms with Crippen molar-refractivity contribution in [2.75, 3.05) is 32.6 Å². The Kier molecular flexibility index (Phi) is 6.89. The van der Waals surface area contributed by atoms with Crippen molar-refractivity contribution in [2.24, 2.45) is 11.3 Å². The van der Waals surface area contributed by atoms with Gasteiger partial charge in [-0.1, -0.05) is 47.7 Å². The van der Waals surface area contributed by atoms with Gasteiger partial charge in [-0.05, 0) is 32.6 Å². The molecule has 6 nitrogen and oxygen atoms in total. The van der Waals surface area contributed by atoms with Gasteiger partial charge in [0, 0.05) is 30.0 Å². The molecule has 2 aliphatic rings. The second kappa shape index (κ2) is 9.04. The Balaban J connectivity index is 1.98. The average molecular weight is 466 g/mol. The van der Waals surface area contributed by atoms with Crippen LogP contribution in [-0.4, -0.2) is 48.7 Å². The van der Waals surface area contributed by atoms with E-state index in [9.17, 15) is 9.59 Å². The fourth-order valence-electron chi connectivity index (χ4n) is 4.59. The summed E-state index contributed by atoms with van der Waals surface area (Å²) in [6, 6.07) is -0.154. The van der Waals surface area contributed by atoms with Crippen molar-refractivity contribution in [1.82, 2.24) is 9.47 Å². The maximum Gasteiger partial charge on any atom is 0.328 e. The summed E-state index contributed by atoms with van der Waals surface area (Å²) in [6.45, 7) is 4.79. The summed E-state index contributed by atoms with van der Waals surface area (Å²) >= 11 is 3.57. The summed E-state index contributed by atoms with van der Waals surface area (Å²) in [5, 5.41) is 4.77. The van der Waals surface area contributed by atoms with Crippen LogP contribution in [0, 0.1) is 11.3 Å². The lowest BCUT2D eigenvalue weighted by Gasteiger charge is -2.45. The van der Waals surface area contributed by atoms with Crippen molar-refractivity contribution in [2.45, 2.75) is 52.4 Å². The fourth-order valence-corrected chi connectivity index (χ4v) is 5.01. The number of rotatable bonds is 3. The molecule has 7 heteroatoms. The number of halogens is 1. The summed E-state index contributed by atoms with van der Waals surface area (Å²) in [5.74, 6) is 0.377. The highest BCUT2D eigenvalue weighted by atomic mass is 79.9. The fraction of sp³-hybridized carbons (Fsp3) is 0.636. The quantitative estimate of drug-likeness (QED) is 0.696. The third-order valence-electron chi connectivity index (χ3n) is 6.31. The standard InChI is InChI=1S/C22H32BrN3O3/c1-5-18-19(15(2)23)17(12-26(18)21(28)25(3)4)24-20(27)22(13-29-14-22)16-10-8-6-7-9-11-16/h5,12,16H,6-11,13-14H2,1-4H3,(H,24,27). The van der Waals surface area contributed by atoms with Crippen LogP contribution in [-0.2, 0) is 9.53 Å². The van der Waals surface area contributed by atoms with E-state index < -0.39 is 5.41 Å². The predicted molar refractivity (Wildman–Crippen MR) is 119 cm³/mol. The number of nitrogens with zero attached hydrogens (tertiary/aromatic N) is 2. The number of nitrogens with one attached hydrogen (secondary N) is 1.